The van der Waals surface area contributed by atoms with E-state index in [1.54, 1.807) is 4.57 Å². The van der Waals surface area contributed by atoms with Crippen molar-refractivity contribution in [1.82, 2.24) is 9.55 Å². The molecule has 1 aromatic heterocycles. The summed E-state index contributed by atoms with van der Waals surface area (Å²) in [7, 11) is 0. The molecular formula is C16H17N3O2S. The van der Waals surface area contributed by atoms with Crippen molar-refractivity contribution in [3.05, 3.63) is 51.9 Å². The highest BCUT2D eigenvalue weighted by atomic mass is 32.2. The van der Waals surface area contributed by atoms with Crippen LogP contribution in [0.4, 0.5) is 5.69 Å². The van der Waals surface area contributed by atoms with Gasteiger partial charge in [0.15, 0.2) is 5.16 Å². The summed E-state index contributed by atoms with van der Waals surface area (Å²) in [5.74, 6) is 0.620. The number of nitrogens with zero attached hydrogens (tertiary/aromatic N) is 2. The lowest BCUT2D eigenvalue weighted by molar-refractivity contribution is -0.116. The lowest BCUT2D eigenvalue weighted by Crippen LogP contribution is -2.27. The van der Waals surface area contributed by atoms with Crippen LogP contribution in [0.2, 0.25) is 0 Å². The molecule has 0 fully saturated rings. The van der Waals surface area contributed by atoms with Gasteiger partial charge in [-0.1, -0.05) is 23.9 Å². The number of thioether (sulfide) groups is 1. The van der Waals surface area contributed by atoms with Crippen LogP contribution in [0.5, 0.6) is 0 Å². The Labute approximate surface area is 132 Å². The molecule has 114 valence electrons. The Morgan fingerprint density at radius 3 is 3.05 bits per heavy atom. The van der Waals surface area contributed by atoms with Gasteiger partial charge in [-0.2, -0.15) is 0 Å². The zero-order valence-corrected chi connectivity index (χ0v) is 13.3. The van der Waals surface area contributed by atoms with Gasteiger partial charge in [0.1, 0.15) is 0 Å². The van der Waals surface area contributed by atoms with Crippen molar-refractivity contribution in [3.63, 3.8) is 0 Å². The second-order valence-corrected chi connectivity index (χ2v) is 6.39. The van der Waals surface area contributed by atoms with Gasteiger partial charge in [-0.3, -0.25) is 14.2 Å². The molecule has 0 spiro atoms. The van der Waals surface area contributed by atoms with Gasteiger partial charge in [-0.25, -0.2) is 4.98 Å². The monoisotopic (exact) mass is 315 g/mol. The average molecular weight is 315 g/mol. The Morgan fingerprint density at radius 1 is 1.41 bits per heavy atom. The topological polar surface area (TPSA) is 64.0 Å². The van der Waals surface area contributed by atoms with Crippen molar-refractivity contribution in [1.29, 1.82) is 0 Å². The summed E-state index contributed by atoms with van der Waals surface area (Å²) >= 11 is 1.52. The number of carbonyl (C=O) groups excluding carboxylic acids is 1. The van der Waals surface area contributed by atoms with E-state index in [1.807, 2.05) is 32.0 Å². The zero-order chi connectivity index (χ0) is 15.7. The van der Waals surface area contributed by atoms with Crippen LogP contribution < -0.4 is 10.9 Å². The quantitative estimate of drug-likeness (QED) is 0.884. The predicted molar refractivity (Wildman–Crippen MR) is 87.4 cm³/mol. The van der Waals surface area contributed by atoms with Crippen molar-refractivity contribution in [3.8, 4) is 0 Å². The molecule has 5 nitrogen and oxygen atoms in total. The van der Waals surface area contributed by atoms with E-state index in [9.17, 15) is 9.59 Å². The number of nitrogens with one attached hydrogen (secondary N) is 1. The van der Waals surface area contributed by atoms with Gasteiger partial charge >= 0.3 is 0 Å². The molecule has 0 aliphatic carbocycles. The summed E-state index contributed by atoms with van der Waals surface area (Å²) in [5.41, 5.74) is 2.94. The molecule has 6 heteroatoms. The van der Waals surface area contributed by atoms with Crippen molar-refractivity contribution in [2.24, 2.45) is 0 Å². The molecular weight excluding hydrogens is 298 g/mol. The third-order valence-electron chi connectivity index (χ3n) is 3.92. The second kappa shape index (κ2) is 5.96. The highest BCUT2D eigenvalue weighted by Crippen LogP contribution is 2.31. The van der Waals surface area contributed by atoms with Crippen LogP contribution in [0.15, 0.2) is 40.4 Å². The molecule has 22 heavy (non-hydrogen) atoms. The molecule has 2 heterocycles. The highest BCUT2D eigenvalue weighted by Gasteiger charge is 2.26. The molecule has 1 N–H and O–H groups in total. The van der Waals surface area contributed by atoms with E-state index in [1.165, 1.54) is 24.0 Å². The highest BCUT2D eigenvalue weighted by molar-refractivity contribution is 7.99. The molecule has 0 radical (unpaired) electrons. The van der Waals surface area contributed by atoms with Crippen LogP contribution in [0.1, 0.15) is 23.6 Å². The number of hydrogen-bond acceptors (Lipinski definition) is 4. The molecule has 1 atom stereocenters. The number of benzene rings is 1. The summed E-state index contributed by atoms with van der Waals surface area (Å²) in [6.07, 6.45) is 1.79. The number of anilines is 1. The van der Waals surface area contributed by atoms with Gasteiger partial charge in [0, 0.05) is 30.1 Å². The summed E-state index contributed by atoms with van der Waals surface area (Å²) in [6, 6.07) is 7.13. The summed E-state index contributed by atoms with van der Waals surface area (Å²) in [6.45, 7) is 4.00. The van der Waals surface area contributed by atoms with Crippen LogP contribution in [0.25, 0.3) is 0 Å². The average Bonchev–Trinajstić information content (AvgIpc) is 2.88. The summed E-state index contributed by atoms with van der Waals surface area (Å²) in [4.78, 5) is 28.4. The Hall–Kier alpha value is -2.08. The van der Waals surface area contributed by atoms with E-state index in [4.69, 9.17) is 0 Å². The van der Waals surface area contributed by atoms with Crippen molar-refractivity contribution >= 4 is 23.4 Å². The molecule has 1 aliphatic heterocycles. The van der Waals surface area contributed by atoms with Gasteiger partial charge < -0.3 is 5.32 Å². The van der Waals surface area contributed by atoms with E-state index in [0.29, 0.717) is 10.9 Å². The lowest BCUT2D eigenvalue weighted by atomic mass is 10.1. The largest absolute Gasteiger partial charge is 0.326 e. The van der Waals surface area contributed by atoms with Crippen LogP contribution in [-0.2, 0) is 4.79 Å². The van der Waals surface area contributed by atoms with Crippen LogP contribution in [0, 0.1) is 13.8 Å². The first-order valence-electron chi connectivity index (χ1n) is 7.12. The molecule has 2 aromatic rings. The van der Waals surface area contributed by atoms with Gasteiger partial charge in [0.05, 0.1) is 6.04 Å². The molecule has 3 rings (SSSR count). The third-order valence-corrected chi connectivity index (χ3v) is 5.03. The van der Waals surface area contributed by atoms with E-state index >= 15 is 0 Å². The van der Waals surface area contributed by atoms with E-state index in [-0.39, 0.29) is 23.9 Å². The van der Waals surface area contributed by atoms with Crippen LogP contribution >= 0.6 is 11.8 Å². The maximum atomic E-state index is 12.3. The normalized spacial score (nSPS) is 16.4. The molecule has 0 bridgehead atoms. The number of carbonyl (C=O) groups is 1. The van der Waals surface area contributed by atoms with Gasteiger partial charge in [0.25, 0.3) is 5.56 Å². The second-order valence-electron chi connectivity index (χ2n) is 5.40. The smallest absolute Gasteiger partial charge is 0.254 e. The molecule has 1 aliphatic rings. The van der Waals surface area contributed by atoms with E-state index in [0.717, 1.165) is 16.8 Å². The summed E-state index contributed by atoms with van der Waals surface area (Å²) in [5, 5.41) is 3.64. The number of aryl methyl sites for hydroxylation is 1. The molecule has 1 amide bonds. The minimum atomic E-state index is -0.133. The standard InChI is InChI=1S/C16H17N3O2S/c1-10-4-3-5-13(11(10)2)18-14(20)8-12-9-22-16-17-7-6-15(21)19(12)16/h3-7,12H,8-9H2,1-2H3,(H,18,20)/t12-/m1/s1. The number of aromatic nitrogens is 2. The first kappa shape index (κ1) is 14.8. The number of amides is 1. The molecule has 0 saturated carbocycles. The number of rotatable bonds is 3. The fourth-order valence-corrected chi connectivity index (χ4v) is 3.66. The maximum absolute atomic E-state index is 12.3. The van der Waals surface area contributed by atoms with Crippen molar-refractivity contribution in [2.75, 3.05) is 11.1 Å². The Kier molecular flexibility index (Phi) is 4.02. The SMILES string of the molecule is Cc1cccc(NC(=O)C[C@@H]2CSc3nccc(=O)n32)c1C. The third kappa shape index (κ3) is 2.78. The molecule has 1 aromatic carbocycles. The first-order chi connectivity index (χ1) is 10.6. The zero-order valence-electron chi connectivity index (χ0n) is 12.5. The molecule has 0 saturated heterocycles. The van der Waals surface area contributed by atoms with Crippen molar-refractivity contribution < 1.29 is 4.79 Å². The Balaban J connectivity index is 1.74. The van der Waals surface area contributed by atoms with E-state index < -0.39 is 0 Å². The maximum Gasteiger partial charge on any atom is 0.254 e. The number of hydrogen-bond donors (Lipinski definition) is 1. The fourth-order valence-electron chi connectivity index (χ4n) is 2.54. The predicted octanol–water partition coefficient (Wildman–Crippen LogP) is 2.54. The van der Waals surface area contributed by atoms with Crippen LogP contribution in [0.3, 0.4) is 0 Å². The van der Waals surface area contributed by atoms with Crippen LogP contribution in [-0.4, -0.2) is 21.2 Å². The number of fused-ring (bicyclic) bond motifs is 1. The Bertz CT molecular complexity index is 785. The molecule has 0 unspecified atom stereocenters. The minimum Gasteiger partial charge on any atom is -0.326 e. The lowest BCUT2D eigenvalue weighted by Gasteiger charge is -2.14. The first-order valence-corrected chi connectivity index (χ1v) is 8.11. The minimum absolute atomic E-state index is 0.0806. The van der Waals surface area contributed by atoms with Gasteiger partial charge in [-0.15, -0.1) is 0 Å². The van der Waals surface area contributed by atoms with Crippen molar-refractivity contribution in [2.45, 2.75) is 31.5 Å². The van der Waals surface area contributed by atoms with E-state index in [2.05, 4.69) is 10.3 Å². The van der Waals surface area contributed by atoms with Gasteiger partial charge in [0.2, 0.25) is 5.91 Å². The Morgan fingerprint density at radius 2 is 2.23 bits per heavy atom. The summed E-state index contributed by atoms with van der Waals surface area (Å²) < 4.78 is 1.62. The fraction of sp³-hybridized carbons (Fsp3) is 0.312. The van der Waals surface area contributed by atoms with Gasteiger partial charge in [-0.05, 0) is 31.0 Å².